The molecule has 0 radical (unpaired) electrons. The fourth-order valence-corrected chi connectivity index (χ4v) is 3.67. The van der Waals surface area contributed by atoms with Crippen molar-refractivity contribution >= 4 is 10.0 Å². The summed E-state index contributed by atoms with van der Waals surface area (Å²) in [7, 11) is -3.75. The van der Waals surface area contributed by atoms with Crippen LogP contribution in [0.15, 0.2) is 23.1 Å². The molecule has 1 atom stereocenters. The average molecular weight is 302 g/mol. The van der Waals surface area contributed by atoms with Crippen molar-refractivity contribution in [2.75, 3.05) is 19.6 Å². The number of nitrogens with one attached hydrogen (secondary N) is 2. The molecule has 3 N–H and O–H groups in total. The SMILES string of the molecule is Cc1cc(F)ccc1S(=O)(=O)NCC1(O)CCCNC1. The first-order valence-electron chi connectivity index (χ1n) is 6.51. The Balaban J connectivity index is 2.11. The van der Waals surface area contributed by atoms with E-state index < -0.39 is 21.4 Å². The molecular formula is C13H19FN2O3S. The molecule has 0 aromatic heterocycles. The molecule has 0 bridgehead atoms. The van der Waals surface area contributed by atoms with Gasteiger partial charge in [0, 0.05) is 13.1 Å². The van der Waals surface area contributed by atoms with Gasteiger partial charge in [-0.2, -0.15) is 0 Å². The van der Waals surface area contributed by atoms with Crippen LogP contribution in [-0.2, 0) is 10.0 Å². The second-order valence-corrected chi connectivity index (χ2v) is 6.97. The van der Waals surface area contributed by atoms with Crippen molar-refractivity contribution in [1.29, 1.82) is 0 Å². The van der Waals surface area contributed by atoms with Crippen molar-refractivity contribution in [3.05, 3.63) is 29.6 Å². The number of hydrogen-bond acceptors (Lipinski definition) is 4. The summed E-state index contributed by atoms with van der Waals surface area (Å²) >= 11 is 0. The highest BCUT2D eigenvalue weighted by molar-refractivity contribution is 7.89. The number of piperidine rings is 1. The molecule has 2 rings (SSSR count). The molecule has 0 saturated carbocycles. The molecule has 1 saturated heterocycles. The van der Waals surface area contributed by atoms with Gasteiger partial charge in [0.2, 0.25) is 10.0 Å². The summed E-state index contributed by atoms with van der Waals surface area (Å²) in [6, 6.07) is 3.51. The van der Waals surface area contributed by atoms with Crippen molar-refractivity contribution in [2.45, 2.75) is 30.3 Å². The lowest BCUT2D eigenvalue weighted by atomic mass is 9.95. The zero-order valence-electron chi connectivity index (χ0n) is 11.3. The quantitative estimate of drug-likeness (QED) is 0.758. The van der Waals surface area contributed by atoms with Gasteiger partial charge in [-0.15, -0.1) is 0 Å². The minimum absolute atomic E-state index is 0.0336. The first-order valence-corrected chi connectivity index (χ1v) is 8.00. The Hall–Kier alpha value is -1.02. The summed E-state index contributed by atoms with van der Waals surface area (Å²) in [6.45, 7) is 2.66. The maximum atomic E-state index is 13.0. The fourth-order valence-electron chi connectivity index (χ4n) is 2.32. The minimum Gasteiger partial charge on any atom is -0.387 e. The maximum Gasteiger partial charge on any atom is 0.240 e. The van der Waals surface area contributed by atoms with Crippen LogP contribution in [-0.4, -0.2) is 38.8 Å². The Morgan fingerprint density at radius 3 is 2.85 bits per heavy atom. The van der Waals surface area contributed by atoms with E-state index in [2.05, 4.69) is 10.0 Å². The van der Waals surface area contributed by atoms with E-state index in [-0.39, 0.29) is 11.4 Å². The van der Waals surface area contributed by atoms with Gasteiger partial charge in [0.05, 0.1) is 10.5 Å². The van der Waals surface area contributed by atoms with Crippen LogP contribution in [0.1, 0.15) is 18.4 Å². The van der Waals surface area contributed by atoms with E-state index >= 15 is 0 Å². The number of β-amino-alcohol motifs (C(OH)–C–C–N with tert-alkyl or cyclic N) is 1. The van der Waals surface area contributed by atoms with Crippen LogP contribution < -0.4 is 10.0 Å². The van der Waals surface area contributed by atoms with Crippen LogP contribution in [0.5, 0.6) is 0 Å². The highest BCUT2D eigenvalue weighted by Gasteiger charge is 2.31. The van der Waals surface area contributed by atoms with Crippen molar-refractivity contribution in [3.8, 4) is 0 Å². The van der Waals surface area contributed by atoms with Gasteiger partial charge in [0.25, 0.3) is 0 Å². The molecule has 0 amide bonds. The highest BCUT2D eigenvalue weighted by Crippen LogP contribution is 2.19. The normalized spacial score (nSPS) is 23.8. The molecule has 112 valence electrons. The molecule has 1 aromatic rings. The molecule has 1 aliphatic rings. The summed E-state index contributed by atoms with van der Waals surface area (Å²) in [5.41, 5.74) is -0.731. The minimum atomic E-state index is -3.75. The van der Waals surface area contributed by atoms with Crippen LogP contribution in [0.25, 0.3) is 0 Å². The number of aryl methyl sites for hydroxylation is 1. The van der Waals surface area contributed by atoms with E-state index in [0.717, 1.165) is 19.0 Å². The third-order valence-electron chi connectivity index (χ3n) is 3.47. The Morgan fingerprint density at radius 2 is 2.25 bits per heavy atom. The molecule has 1 unspecified atom stereocenters. The second kappa shape index (κ2) is 5.77. The van der Waals surface area contributed by atoms with Gasteiger partial charge in [0.15, 0.2) is 0 Å². The lowest BCUT2D eigenvalue weighted by Crippen LogP contribution is -2.52. The number of aliphatic hydroxyl groups is 1. The largest absolute Gasteiger partial charge is 0.387 e. The summed E-state index contributed by atoms with van der Waals surface area (Å²) in [6.07, 6.45) is 1.35. The predicted molar refractivity (Wildman–Crippen MR) is 73.4 cm³/mol. The van der Waals surface area contributed by atoms with E-state index in [1.54, 1.807) is 0 Å². The number of hydrogen-bond donors (Lipinski definition) is 3. The standard InChI is InChI=1S/C13H19FN2O3S/c1-10-7-11(14)3-4-12(10)20(18,19)16-9-13(17)5-2-6-15-8-13/h3-4,7,15-17H,2,5-6,8-9H2,1H3. The van der Waals surface area contributed by atoms with Gasteiger partial charge in [-0.25, -0.2) is 17.5 Å². The van der Waals surface area contributed by atoms with Crippen molar-refractivity contribution in [3.63, 3.8) is 0 Å². The molecule has 1 fully saturated rings. The molecule has 0 aliphatic carbocycles. The molecule has 1 aliphatic heterocycles. The predicted octanol–water partition coefficient (Wildman–Crippen LogP) is 0.527. The zero-order chi connectivity index (χ0) is 14.8. The summed E-state index contributed by atoms with van der Waals surface area (Å²) in [5, 5.41) is 13.3. The number of sulfonamides is 1. The lowest BCUT2D eigenvalue weighted by Gasteiger charge is -2.32. The molecule has 1 heterocycles. The highest BCUT2D eigenvalue weighted by atomic mass is 32.2. The van der Waals surface area contributed by atoms with E-state index in [9.17, 15) is 17.9 Å². The van der Waals surface area contributed by atoms with Crippen LogP contribution in [0, 0.1) is 12.7 Å². The Labute approximate surface area is 118 Å². The van der Waals surface area contributed by atoms with Crippen molar-refractivity contribution in [2.24, 2.45) is 0 Å². The van der Waals surface area contributed by atoms with Gasteiger partial charge in [0.1, 0.15) is 5.82 Å². The van der Waals surface area contributed by atoms with Crippen molar-refractivity contribution < 1.29 is 17.9 Å². The average Bonchev–Trinajstić information content (AvgIpc) is 2.37. The van der Waals surface area contributed by atoms with E-state index in [4.69, 9.17) is 0 Å². The smallest absolute Gasteiger partial charge is 0.240 e. The second-order valence-electron chi connectivity index (χ2n) is 5.24. The van der Waals surface area contributed by atoms with Gasteiger partial charge in [-0.05, 0) is 50.1 Å². The monoisotopic (exact) mass is 302 g/mol. The van der Waals surface area contributed by atoms with Gasteiger partial charge in [-0.3, -0.25) is 0 Å². The summed E-state index contributed by atoms with van der Waals surface area (Å²) in [4.78, 5) is 0.0336. The maximum absolute atomic E-state index is 13.0. The first kappa shape index (κ1) is 15.4. The van der Waals surface area contributed by atoms with Crippen LogP contribution in [0.2, 0.25) is 0 Å². The molecule has 0 spiro atoms. The topological polar surface area (TPSA) is 78.4 Å². The summed E-state index contributed by atoms with van der Waals surface area (Å²) in [5.74, 6) is -0.475. The molecule has 1 aromatic carbocycles. The third kappa shape index (κ3) is 3.54. The van der Waals surface area contributed by atoms with Crippen LogP contribution in [0.4, 0.5) is 4.39 Å². The Bertz CT molecular complexity index is 583. The molecular weight excluding hydrogens is 283 g/mol. The number of benzene rings is 1. The van der Waals surface area contributed by atoms with Crippen LogP contribution in [0.3, 0.4) is 0 Å². The zero-order valence-corrected chi connectivity index (χ0v) is 12.1. The molecule has 7 heteroatoms. The number of halogens is 1. The number of rotatable bonds is 4. The Kier molecular flexibility index (Phi) is 4.43. The van der Waals surface area contributed by atoms with Crippen LogP contribution >= 0.6 is 0 Å². The van der Waals surface area contributed by atoms with Gasteiger partial charge in [-0.1, -0.05) is 0 Å². The first-order chi connectivity index (χ1) is 9.32. The lowest BCUT2D eigenvalue weighted by molar-refractivity contribution is 0.0218. The van der Waals surface area contributed by atoms with E-state index in [1.807, 2.05) is 0 Å². The third-order valence-corrected chi connectivity index (χ3v) is 5.03. The summed E-state index contributed by atoms with van der Waals surface area (Å²) < 4.78 is 39.8. The van der Waals surface area contributed by atoms with E-state index in [1.165, 1.54) is 19.1 Å². The fraction of sp³-hybridized carbons (Fsp3) is 0.538. The molecule has 20 heavy (non-hydrogen) atoms. The van der Waals surface area contributed by atoms with Crippen molar-refractivity contribution in [1.82, 2.24) is 10.0 Å². The molecule has 5 nitrogen and oxygen atoms in total. The Morgan fingerprint density at radius 1 is 1.50 bits per heavy atom. The van der Waals surface area contributed by atoms with Gasteiger partial charge >= 0.3 is 0 Å². The van der Waals surface area contributed by atoms with Gasteiger partial charge < -0.3 is 10.4 Å². The van der Waals surface area contributed by atoms with E-state index in [0.29, 0.717) is 18.5 Å².